The standard InChI is InChI=1S/C31H39NO/c1-3-4-19-28(24-15-14-18-26-16-8-5-9-17-26)31(29-22-12-7-13-23-29)32-30(25-33-2)27-20-10-6-11-21-27/h5-13,15-17,20-24,28,30-32H,3-4,14,18-19,25H2,1-2H3/b24-15-/t28-,30+,31-/m1/s1. The molecule has 0 spiro atoms. The molecule has 3 atom stereocenters. The second-order valence-electron chi connectivity index (χ2n) is 8.73. The lowest BCUT2D eigenvalue weighted by atomic mass is 9.87. The van der Waals surface area contributed by atoms with Gasteiger partial charge in [-0.25, -0.2) is 0 Å². The first-order chi connectivity index (χ1) is 16.3. The molecule has 0 bridgehead atoms. The lowest BCUT2D eigenvalue weighted by Crippen LogP contribution is -2.33. The number of rotatable bonds is 14. The summed E-state index contributed by atoms with van der Waals surface area (Å²) in [5.41, 5.74) is 4.00. The van der Waals surface area contributed by atoms with Gasteiger partial charge in [0.2, 0.25) is 0 Å². The molecule has 3 aromatic carbocycles. The zero-order valence-electron chi connectivity index (χ0n) is 20.2. The highest BCUT2D eigenvalue weighted by Crippen LogP contribution is 2.31. The van der Waals surface area contributed by atoms with Crippen LogP contribution in [0.3, 0.4) is 0 Å². The van der Waals surface area contributed by atoms with E-state index < -0.39 is 0 Å². The number of methoxy groups -OCH3 is 1. The van der Waals surface area contributed by atoms with Gasteiger partial charge in [-0.05, 0) is 41.9 Å². The van der Waals surface area contributed by atoms with Crippen LogP contribution in [0.5, 0.6) is 0 Å². The summed E-state index contributed by atoms with van der Waals surface area (Å²) in [4.78, 5) is 0. The van der Waals surface area contributed by atoms with E-state index in [1.165, 1.54) is 36.0 Å². The van der Waals surface area contributed by atoms with Crippen molar-refractivity contribution >= 4 is 0 Å². The van der Waals surface area contributed by atoms with Gasteiger partial charge in [0.15, 0.2) is 0 Å². The van der Waals surface area contributed by atoms with Gasteiger partial charge in [0.05, 0.1) is 12.6 Å². The van der Waals surface area contributed by atoms with Gasteiger partial charge in [-0.1, -0.05) is 123 Å². The second-order valence-corrected chi connectivity index (χ2v) is 8.73. The van der Waals surface area contributed by atoms with Crippen molar-refractivity contribution in [2.24, 2.45) is 5.92 Å². The van der Waals surface area contributed by atoms with Gasteiger partial charge in [0.1, 0.15) is 0 Å². The van der Waals surface area contributed by atoms with Crippen LogP contribution in [0.2, 0.25) is 0 Å². The van der Waals surface area contributed by atoms with Gasteiger partial charge in [0.25, 0.3) is 0 Å². The molecule has 0 fully saturated rings. The second kappa shape index (κ2) is 14.5. The van der Waals surface area contributed by atoms with E-state index in [0.717, 1.165) is 12.8 Å². The lowest BCUT2D eigenvalue weighted by molar-refractivity contribution is 0.155. The predicted molar refractivity (Wildman–Crippen MR) is 140 cm³/mol. The number of hydrogen-bond acceptors (Lipinski definition) is 2. The average Bonchev–Trinajstić information content (AvgIpc) is 2.88. The molecule has 1 N–H and O–H groups in total. The largest absolute Gasteiger partial charge is 0.383 e. The van der Waals surface area contributed by atoms with Crippen molar-refractivity contribution in [1.82, 2.24) is 5.32 Å². The molecule has 0 aliphatic carbocycles. The predicted octanol–water partition coefficient (Wildman–Crippen LogP) is 7.70. The van der Waals surface area contributed by atoms with Crippen LogP contribution >= 0.6 is 0 Å². The Labute approximate surface area is 200 Å². The Morgan fingerprint density at radius 3 is 2.03 bits per heavy atom. The van der Waals surface area contributed by atoms with E-state index in [4.69, 9.17) is 4.74 Å². The minimum absolute atomic E-state index is 0.142. The average molecular weight is 442 g/mol. The Bertz CT molecular complexity index is 907. The summed E-state index contributed by atoms with van der Waals surface area (Å²) in [6, 6.07) is 32.7. The summed E-state index contributed by atoms with van der Waals surface area (Å²) >= 11 is 0. The van der Waals surface area contributed by atoms with E-state index in [9.17, 15) is 0 Å². The van der Waals surface area contributed by atoms with E-state index in [1.807, 2.05) is 0 Å². The minimum Gasteiger partial charge on any atom is -0.383 e. The quantitative estimate of drug-likeness (QED) is 0.259. The zero-order valence-corrected chi connectivity index (χ0v) is 20.2. The van der Waals surface area contributed by atoms with Crippen LogP contribution in [0.25, 0.3) is 0 Å². The molecule has 0 heterocycles. The number of ether oxygens (including phenoxy) is 1. The first-order valence-electron chi connectivity index (χ1n) is 12.4. The monoisotopic (exact) mass is 441 g/mol. The summed E-state index contributed by atoms with van der Waals surface area (Å²) in [6.07, 6.45) is 10.6. The van der Waals surface area contributed by atoms with Gasteiger partial charge >= 0.3 is 0 Å². The molecule has 2 nitrogen and oxygen atoms in total. The third kappa shape index (κ3) is 8.31. The number of allylic oxidation sites excluding steroid dienone is 1. The smallest absolute Gasteiger partial charge is 0.0657 e. The third-order valence-electron chi connectivity index (χ3n) is 6.22. The fraction of sp³-hybridized carbons (Fsp3) is 0.355. The molecule has 0 radical (unpaired) electrons. The molecule has 174 valence electrons. The van der Waals surface area contributed by atoms with Crippen molar-refractivity contribution < 1.29 is 4.74 Å². The van der Waals surface area contributed by atoms with Crippen LogP contribution in [0, 0.1) is 5.92 Å². The summed E-state index contributed by atoms with van der Waals surface area (Å²) < 4.78 is 5.62. The Balaban J connectivity index is 1.81. The molecule has 0 amide bonds. The van der Waals surface area contributed by atoms with Crippen LogP contribution in [0.15, 0.2) is 103 Å². The third-order valence-corrected chi connectivity index (χ3v) is 6.22. The van der Waals surface area contributed by atoms with Crippen LogP contribution in [-0.4, -0.2) is 13.7 Å². The fourth-order valence-corrected chi connectivity index (χ4v) is 4.42. The van der Waals surface area contributed by atoms with Gasteiger partial charge in [-0.2, -0.15) is 0 Å². The van der Waals surface area contributed by atoms with Crippen molar-refractivity contribution in [3.05, 3.63) is 120 Å². The molecule has 0 saturated carbocycles. The first-order valence-corrected chi connectivity index (χ1v) is 12.4. The molecule has 0 aliphatic rings. The van der Waals surface area contributed by atoms with Crippen molar-refractivity contribution in [3.63, 3.8) is 0 Å². The van der Waals surface area contributed by atoms with Crippen LogP contribution in [0.1, 0.15) is 61.4 Å². The Hall–Kier alpha value is -2.68. The summed E-state index contributed by atoms with van der Waals surface area (Å²) in [5.74, 6) is 0.422. The molecule has 2 heteroatoms. The van der Waals surface area contributed by atoms with Crippen molar-refractivity contribution in [1.29, 1.82) is 0 Å². The van der Waals surface area contributed by atoms with Crippen LogP contribution < -0.4 is 5.32 Å². The zero-order chi connectivity index (χ0) is 23.1. The molecule has 0 aromatic heterocycles. The van der Waals surface area contributed by atoms with Gasteiger partial charge < -0.3 is 10.1 Å². The molecule has 0 saturated heterocycles. The van der Waals surface area contributed by atoms with Gasteiger partial charge in [-0.15, -0.1) is 0 Å². The molecular formula is C31H39NO. The van der Waals surface area contributed by atoms with E-state index in [2.05, 4.69) is 115 Å². The summed E-state index contributed by atoms with van der Waals surface area (Å²) in [7, 11) is 1.78. The Morgan fingerprint density at radius 1 is 0.818 bits per heavy atom. The van der Waals surface area contributed by atoms with Crippen molar-refractivity contribution in [3.8, 4) is 0 Å². The van der Waals surface area contributed by atoms with Crippen molar-refractivity contribution in [2.45, 2.75) is 51.1 Å². The molecule has 0 unspecified atom stereocenters. The number of unbranched alkanes of at least 4 members (excludes halogenated alkanes) is 1. The highest BCUT2D eigenvalue weighted by molar-refractivity contribution is 5.24. The molecule has 3 rings (SSSR count). The maximum Gasteiger partial charge on any atom is 0.0657 e. The lowest BCUT2D eigenvalue weighted by Gasteiger charge is -2.31. The summed E-state index contributed by atoms with van der Waals surface area (Å²) in [5, 5.41) is 3.98. The fourth-order valence-electron chi connectivity index (χ4n) is 4.42. The highest BCUT2D eigenvalue weighted by Gasteiger charge is 2.24. The first kappa shape index (κ1) is 25.0. The van der Waals surface area contributed by atoms with E-state index in [0.29, 0.717) is 12.5 Å². The Kier molecular flexibility index (Phi) is 10.9. The SMILES string of the molecule is CCCC[C@H](/C=C\CCc1ccccc1)[C@@H](N[C@@H](COC)c1ccccc1)c1ccccc1. The van der Waals surface area contributed by atoms with Gasteiger partial charge in [0, 0.05) is 13.2 Å². The van der Waals surface area contributed by atoms with E-state index >= 15 is 0 Å². The number of benzene rings is 3. The molecule has 33 heavy (non-hydrogen) atoms. The van der Waals surface area contributed by atoms with Gasteiger partial charge in [-0.3, -0.25) is 0 Å². The number of nitrogens with one attached hydrogen (secondary N) is 1. The summed E-state index contributed by atoms with van der Waals surface area (Å²) in [6.45, 7) is 2.92. The maximum absolute atomic E-state index is 5.62. The number of aryl methyl sites for hydroxylation is 1. The Morgan fingerprint density at radius 2 is 1.42 bits per heavy atom. The van der Waals surface area contributed by atoms with E-state index in [-0.39, 0.29) is 12.1 Å². The highest BCUT2D eigenvalue weighted by atomic mass is 16.5. The molecular weight excluding hydrogens is 402 g/mol. The van der Waals surface area contributed by atoms with E-state index in [1.54, 1.807) is 7.11 Å². The van der Waals surface area contributed by atoms with Crippen molar-refractivity contribution in [2.75, 3.05) is 13.7 Å². The van der Waals surface area contributed by atoms with Crippen LogP contribution in [-0.2, 0) is 11.2 Å². The molecule has 0 aliphatic heterocycles. The molecule has 3 aromatic rings. The normalized spacial score (nSPS) is 14.2. The number of hydrogen-bond donors (Lipinski definition) is 1. The topological polar surface area (TPSA) is 21.3 Å². The minimum atomic E-state index is 0.142. The van der Waals surface area contributed by atoms with Crippen LogP contribution in [0.4, 0.5) is 0 Å². The maximum atomic E-state index is 5.62.